The molecule has 30 heavy (non-hydrogen) atoms. The van der Waals surface area contributed by atoms with Crippen molar-refractivity contribution in [2.45, 2.75) is 17.6 Å². The Kier molecular flexibility index (Phi) is 8.74. The summed E-state index contributed by atoms with van der Waals surface area (Å²) in [6.07, 6.45) is 6.61. The van der Waals surface area contributed by atoms with Crippen LogP contribution >= 0.6 is 11.8 Å². The molecule has 0 aliphatic rings. The van der Waals surface area contributed by atoms with Crippen LogP contribution in [0.25, 0.3) is 6.08 Å². The number of hydrogen-bond donors (Lipinski definition) is 1. The SMILES string of the molecule is C#CCOc1ccc(/C=C(\C#N)C(=O)Nc2ccc(SC(F)F)cc2)cc1OCC. The maximum atomic E-state index is 12.4. The van der Waals surface area contributed by atoms with Gasteiger partial charge in [-0.3, -0.25) is 4.79 Å². The Hall–Kier alpha value is -3.49. The van der Waals surface area contributed by atoms with Crippen molar-refractivity contribution in [3.05, 3.63) is 53.6 Å². The molecule has 0 aromatic heterocycles. The van der Waals surface area contributed by atoms with Crippen molar-refractivity contribution in [2.24, 2.45) is 0 Å². The highest BCUT2D eigenvalue weighted by Crippen LogP contribution is 2.30. The Morgan fingerprint density at radius 2 is 1.97 bits per heavy atom. The van der Waals surface area contributed by atoms with Crippen LogP contribution in [0.4, 0.5) is 14.5 Å². The van der Waals surface area contributed by atoms with Gasteiger partial charge in [-0.15, -0.1) is 6.42 Å². The Bertz CT molecular complexity index is 993. The number of amides is 1. The van der Waals surface area contributed by atoms with Gasteiger partial charge in [0.25, 0.3) is 11.7 Å². The molecule has 1 amide bonds. The molecule has 154 valence electrons. The topological polar surface area (TPSA) is 71.3 Å². The largest absolute Gasteiger partial charge is 0.490 e. The van der Waals surface area contributed by atoms with Gasteiger partial charge in [0.15, 0.2) is 11.5 Å². The lowest BCUT2D eigenvalue weighted by Crippen LogP contribution is -2.13. The average molecular weight is 428 g/mol. The minimum absolute atomic E-state index is 0.0791. The van der Waals surface area contributed by atoms with Crippen molar-refractivity contribution in [3.63, 3.8) is 0 Å². The molecule has 8 heteroatoms. The second-order valence-electron chi connectivity index (χ2n) is 5.66. The zero-order chi connectivity index (χ0) is 21.9. The summed E-state index contributed by atoms with van der Waals surface area (Å²) in [5, 5.41) is 11.9. The highest BCUT2D eigenvalue weighted by Gasteiger charge is 2.12. The number of nitriles is 1. The number of ether oxygens (including phenoxy) is 2. The van der Waals surface area contributed by atoms with Gasteiger partial charge in [0.1, 0.15) is 18.2 Å². The third kappa shape index (κ3) is 6.84. The van der Waals surface area contributed by atoms with Crippen LogP contribution in [0.2, 0.25) is 0 Å². The maximum absolute atomic E-state index is 12.4. The first-order valence-electron chi connectivity index (χ1n) is 8.78. The van der Waals surface area contributed by atoms with Crippen molar-refractivity contribution in [2.75, 3.05) is 18.5 Å². The summed E-state index contributed by atoms with van der Waals surface area (Å²) in [4.78, 5) is 12.8. The number of anilines is 1. The number of nitrogens with zero attached hydrogens (tertiary/aromatic N) is 1. The van der Waals surface area contributed by atoms with Crippen LogP contribution in [0.15, 0.2) is 52.9 Å². The predicted octanol–water partition coefficient (Wildman–Crippen LogP) is 4.96. The number of alkyl halides is 2. The number of terminal acetylenes is 1. The number of hydrogen-bond acceptors (Lipinski definition) is 5. The van der Waals surface area contributed by atoms with E-state index >= 15 is 0 Å². The number of thioether (sulfide) groups is 1. The molecular formula is C22H18F2N2O3S. The van der Waals surface area contributed by atoms with E-state index in [9.17, 15) is 18.8 Å². The summed E-state index contributed by atoms with van der Waals surface area (Å²) < 4.78 is 35.7. The first-order valence-corrected chi connectivity index (χ1v) is 9.66. The van der Waals surface area contributed by atoms with E-state index in [-0.39, 0.29) is 12.2 Å². The molecule has 1 N–H and O–H groups in total. The highest BCUT2D eigenvalue weighted by atomic mass is 32.2. The molecule has 0 radical (unpaired) electrons. The minimum Gasteiger partial charge on any atom is -0.490 e. The first-order chi connectivity index (χ1) is 14.5. The van der Waals surface area contributed by atoms with Crippen LogP contribution in [0.1, 0.15) is 12.5 Å². The Labute approximate surface area is 177 Å². The molecule has 2 aromatic rings. The van der Waals surface area contributed by atoms with Crippen molar-refractivity contribution in [1.29, 1.82) is 5.26 Å². The highest BCUT2D eigenvalue weighted by molar-refractivity contribution is 7.99. The fourth-order valence-corrected chi connectivity index (χ4v) is 2.85. The maximum Gasteiger partial charge on any atom is 0.288 e. The normalized spacial score (nSPS) is 10.8. The number of benzene rings is 2. The van der Waals surface area contributed by atoms with Crippen molar-refractivity contribution in [1.82, 2.24) is 0 Å². The number of halogens is 2. The molecule has 0 spiro atoms. The Morgan fingerprint density at radius 3 is 2.57 bits per heavy atom. The molecule has 0 unspecified atom stereocenters. The molecule has 0 bridgehead atoms. The van der Waals surface area contributed by atoms with Gasteiger partial charge in [-0.25, -0.2) is 0 Å². The fraction of sp³-hybridized carbons (Fsp3) is 0.182. The number of carbonyl (C=O) groups is 1. The van der Waals surface area contributed by atoms with Crippen LogP contribution in [-0.2, 0) is 4.79 Å². The molecule has 2 rings (SSSR count). The average Bonchev–Trinajstić information content (AvgIpc) is 2.72. The van der Waals surface area contributed by atoms with Gasteiger partial charge in [-0.1, -0.05) is 23.7 Å². The fourth-order valence-electron chi connectivity index (χ4n) is 2.35. The Balaban J connectivity index is 2.17. The standard InChI is InChI=1S/C22H18F2N2O3S/c1-3-11-29-19-10-5-15(13-20(19)28-4-2)12-16(14-25)21(27)26-17-6-8-18(9-7-17)30-22(23)24/h1,5-10,12-13,22H,4,11H2,2H3,(H,26,27)/b16-12+. The van der Waals surface area contributed by atoms with E-state index in [1.807, 2.05) is 13.0 Å². The molecule has 5 nitrogen and oxygen atoms in total. The second kappa shape index (κ2) is 11.5. The minimum atomic E-state index is -2.52. The molecule has 2 aromatic carbocycles. The van der Waals surface area contributed by atoms with Gasteiger partial charge in [0.2, 0.25) is 0 Å². The van der Waals surface area contributed by atoms with Gasteiger partial charge >= 0.3 is 0 Å². The molecule has 0 atom stereocenters. The van der Waals surface area contributed by atoms with Crippen LogP contribution < -0.4 is 14.8 Å². The molecule has 0 saturated carbocycles. The van der Waals surface area contributed by atoms with E-state index in [1.54, 1.807) is 18.2 Å². The third-order valence-corrected chi connectivity index (χ3v) is 4.31. The molecule has 0 aliphatic heterocycles. The lowest BCUT2D eigenvalue weighted by molar-refractivity contribution is -0.112. The van der Waals surface area contributed by atoms with Crippen molar-refractivity contribution >= 4 is 29.4 Å². The molecule has 0 saturated heterocycles. The third-order valence-electron chi connectivity index (χ3n) is 3.59. The van der Waals surface area contributed by atoms with E-state index in [2.05, 4.69) is 11.2 Å². The molecular weight excluding hydrogens is 410 g/mol. The Morgan fingerprint density at radius 1 is 1.23 bits per heavy atom. The van der Waals surface area contributed by atoms with Gasteiger partial charge in [0, 0.05) is 10.6 Å². The van der Waals surface area contributed by atoms with Crippen molar-refractivity contribution in [3.8, 4) is 29.9 Å². The van der Waals surface area contributed by atoms with Gasteiger partial charge in [0.05, 0.1) is 6.61 Å². The molecule has 0 fully saturated rings. The zero-order valence-electron chi connectivity index (χ0n) is 16.0. The number of nitrogens with one attached hydrogen (secondary N) is 1. The summed E-state index contributed by atoms with van der Waals surface area (Å²) in [5.74, 6) is 0.108. The summed E-state index contributed by atoms with van der Waals surface area (Å²) >= 11 is 0.407. The van der Waals surface area contributed by atoms with E-state index in [1.165, 1.54) is 30.3 Å². The smallest absolute Gasteiger partial charge is 0.288 e. The lowest BCUT2D eigenvalue weighted by atomic mass is 10.1. The van der Waals surface area contributed by atoms with Crippen LogP contribution in [0.3, 0.4) is 0 Å². The van der Waals surface area contributed by atoms with Gasteiger partial charge < -0.3 is 14.8 Å². The molecule has 0 aliphatic carbocycles. The second-order valence-corrected chi connectivity index (χ2v) is 6.72. The van der Waals surface area contributed by atoms with Crippen molar-refractivity contribution < 1.29 is 23.0 Å². The number of rotatable bonds is 9. The van der Waals surface area contributed by atoms with E-state index in [4.69, 9.17) is 15.9 Å². The van der Waals surface area contributed by atoms with E-state index in [0.29, 0.717) is 46.0 Å². The number of carbonyl (C=O) groups excluding carboxylic acids is 1. The van der Waals surface area contributed by atoms with E-state index in [0.717, 1.165) is 0 Å². The summed E-state index contributed by atoms with van der Waals surface area (Å²) in [7, 11) is 0. The summed E-state index contributed by atoms with van der Waals surface area (Å²) in [6.45, 7) is 2.29. The zero-order valence-corrected chi connectivity index (χ0v) is 16.8. The van der Waals surface area contributed by atoms with Crippen LogP contribution in [0.5, 0.6) is 11.5 Å². The monoisotopic (exact) mass is 428 g/mol. The van der Waals surface area contributed by atoms with Crippen LogP contribution in [0, 0.1) is 23.7 Å². The van der Waals surface area contributed by atoms with Gasteiger partial charge in [-0.2, -0.15) is 14.0 Å². The summed E-state index contributed by atoms with van der Waals surface area (Å²) in [5.41, 5.74) is 0.801. The van der Waals surface area contributed by atoms with Crippen LogP contribution in [-0.4, -0.2) is 24.9 Å². The van der Waals surface area contributed by atoms with E-state index < -0.39 is 11.7 Å². The quantitative estimate of drug-likeness (QED) is 0.265. The predicted molar refractivity (Wildman–Crippen MR) is 112 cm³/mol. The summed E-state index contributed by atoms with van der Waals surface area (Å²) in [6, 6.07) is 12.7. The van der Waals surface area contributed by atoms with Gasteiger partial charge in [-0.05, 0) is 55.0 Å². The molecule has 0 heterocycles. The lowest BCUT2D eigenvalue weighted by Gasteiger charge is -2.11. The first kappa shape index (κ1) is 22.8.